The Bertz CT molecular complexity index is 1070. The SMILES string of the molecule is O=C(CCc1cccc(OC2CCCC2)c1)Nc1ccc(Cn2ccccc2=O)cc1. The van der Waals surface area contributed by atoms with Gasteiger partial charge in [0.1, 0.15) is 5.75 Å². The summed E-state index contributed by atoms with van der Waals surface area (Å²) >= 11 is 0. The first-order chi connectivity index (χ1) is 15.2. The molecular formula is C26H28N2O3. The number of benzene rings is 2. The van der Waals surface area contributed by atoms with Crippen molar-refractivity contribution in [3.63, 3.8) is 0 Å². The number of anilines is 1. The van der Waals surface area contributed by atoms with Crippen LogP contribution >= 0.6 is 0 Å². The molecule has 2 aromatic carbocycles. The Morgan fingerprint density at radius 2 is 1.77 bits per heavy atom. The number of aryl methyl sites for hydroxylation is 1. The molecule has 5 nitrogen and oxygen atoms in total. The standard InChI is InChI=1S/C26H28N2O3/c29-25(16-13-20-6-5-9-24(18-20)31-23-7-1-2-8-23)27-22-14-11-21(12-15-22)19-28-17-4-3-10-26(28)30/h3-6,9-12,14-15,17-18,23H,1-2,7-8,13,16,19H2,(H,27,29). The summed E-state index contributed by atoms with van der Waals surface area (Å²) in [7, 11) is 0. The molecule has 5 heteroatoms. The summed E-state index contributed by atoms with van der Waals surface area (Å²) < 4.78 is 7.71. The minimum absolute atomic E-state index is 0.0193. The van der Waals surface area contributed by atoms with Gasteiger partial charge in [0.2, 0.25) is 5.91 Å². The summed E-state index contributed by atoms with van der Waals surface area (Å²) in [5.74, 6) is 0.882. The molecule has 0 atom stereocenters. The average molecular weight is 417 g/mol. The highest BCUT2D eigenvalue weighted by molar-refractivity contribution is 5.90. The maximum atomic E-state index is 12.4. The van der Waals surface area contributed by atoms with Crippen LogP contribution in [0.25, 0.3) is 0 Å². The second kappa shape index (κ2) is 10.1. The van der Waals surface area contributed by atoms with Gasteiger partial charge >= 0.3 is 0 Å². The van der Waals surface area contributed by atoms with Gasteiger partial charge in [0.15, 0.2) is 0 Å². The molecule has 0 spiro atoms. The van der Waals surface area contributed by atoms with Crippen molar-refractivity contribution in [2.75, 3.05) is 5.32 Å². The monoisotopic (exact) mass is 416 g/mol. The number of pyridine rings is 1. The van der Waals surface area contributed by atoms with Crippen molar-refractivity contribution in [1.29, 1.82) is 0 Å². The number of carbonyl (C=O) groups excluding carboxylic acids is 1. The first-order valence-electron chi connectivity index (χ1n) is 11.0. The van der Waals surface area contributed by atoms with Gasteiger partial charge in [0, 0.05) is 24.4 Å². The van der Waals surface area contributed by atoms with E-state index in [2.05, 4.69) is 5.32 Å². The Kier molecular flexibility index (Phi) is 6.82. The van der Waals surface area contributed by atoms with E-state index in [0.29, 0.717) is 25.5 Å². The predicted molar refractivity (Wildman–Crippen MR) is 123 cm³/mol. The zero-order chi connectivity index (χ0) is 21.5. The van der Waals surface area contributed by atoms with E-state index in [1.807, 2.05) is 54.6 Å². The molecule has 0 unspecified atom stereocenters. The molecule has 0 bridgehead atoms. The molecule has 31 heavy (non-hydrogen) atoms. The smallest absolute Gasteiger partial charge is 0.250 e. The number of amides is 1. The van der Waals surface area contributed by atoms with E-state index < -0.39 is 0 Å². The lowest BCUT2D eigenvalue weighted by molar-refractivity contribution is -0.116. The summed E-state index contributed by atoms with van der Waals surface area (Å²) in [5.41, 5.74) is 2.84. The predicted octanol–water partition coefficient (Wildman–Crippen LogP) is 4.79. The molecule has 4 rings (SSSR count). The van der Waals surface area contributed by atoms with E-state index >= 15 is 0 Å². The minimum atomic E-state index is -0.0300. The van der Waals surface area contributed by atoms with Gasteiger partial charge in [-0.05, 0) is 73.6 Å². The molecule has 3 aromatic rings. The molecule has 0 aliphatic heterocycles. The highest BCUT2D eigenvalue weighted by atomic mass is 16.5. The van der Waals surface area contributed by atoms with Crippen LogP contribution in [0.1, 0.15) is 43.2 Å². The van der Waals surface area contributed by atoms with Crippen LogP contribution in [0.5, 0.6) is 5.75 Å². The second-order valence-corrected chi connectivity index (χ2v) is 8.08. The number of ether oxygens (including phenoxy) is 1. The van der Waals surface area contributed by atoms with Crippen molar-refractivity contribution < 1.29 is 9.53 Å². The van der Waals surface area contributed by atoms with Crippen molar-refractivity contribution >= 4 is 11.6 Å². The van der Waals surface area contributed by atoms with Gasteiger partial charge in [-0.3, -0.25) is 9.59 Å². The molecule has 1 aromatic heterocycles. The van der Waals surface area contributed by atoms with Crippen LogP contribution in [-0.2, 0) is 17.8 Å². The quantitative estimate of drug-likeness (QED) is 0.574. The molecule has 0 saturated heterocycles. The molecule has 1 heterocycles. The first-order valence-corrected chi connectivity index (χ1v) is 11.0. The Balaban J connectivity index is 1.27. The number of hydrogen-bond donors (Lipinski definition) is 1. The summed E-state index contributed by atoms with van der Waals surface area (Å²) in [4.78, 5) is 24.2. The minimum Gasteiger partial charge on any atom is -0.490 e. The summed E-state index contributed by atoms with van der Waals surface area (Å²) in [6.45, 7) is 0.507. The lowest BCUT2D eigenvalue weighted by atomic mass is 10.1. The average Bonchev–Trinajstić information content (AvgIpc) is 3.29. The number of nitrogens with one attached hydrogen (secondary N) is 1. The fraction of sp³-hybridized carbons (Fsp3) is 0.308. The van der Waals surface area contributed by atoms with E-state index in [0.717, 1.165) is 35.4 Å². The molecule has 1 N–H and O–H groups in total. The lowest BCUT2D eigenvalue weighted by Crippen LogP contribution is -2.18. The summed E-state index contributed by atoms with van der Waals surface area (Å²) in [5, 5.41) is 2.95. The zero-order valence-electron chi connectivity index (χ0n) is 17.6. The Labute approximate surface area is 182 Å². The normalized spacial score (nSPS) is 13.8. The van der Waals surface area contributed by atoms with Crippen molar-refractivity contribution in [2.45, 2.75) is 51.2 Å². The van der Waals surface area contributed by atoms with Gasteiger partial charge in [0.05, 0.1) is 12.6 Å². The molecule has 1 aliphatic carbocycles. The Morgan fingerprint density at radius 1 is 0.968 bits per heavy atom. The maximum Gasteiger partial charge on any atom is 0.250 e. The van der Waals surface area contributed by atoms with Crippen LogP contribution in [-0.4, -0.2) is 16.6 Å². The van der Waals surface area contributed by atoms with Gasteiger partial charge in [-0.2, -0.15) is 0 Å². The fourth-order valence-electron chi connectivity index (χ4n) is 3.94. The molecule has 1 fully saturated rings. The Morgan fingerprint density at radius 3 is 2.55 bits per heavy atom. The molecule has 1 saturated carbocycles. The highest BCUT2D eigenvalue weighted by Gasteiger charge is 2.16. The second-order valence-electron chi connectivity index (χ2n) is 8.08. The van der Waals surface area contributed by atoms with Gasteiger partial charge in [-0.15, -0.1) is 0 Å². The number of carbonyl (C=O) groups is 1. The van der Waals surface area contributed by atoms with E-state index in [-0.39, 0.29) is 11.5 Å². The van der Waals surface area contributed by atoms with Crippen molar-refractivity contribution in [2.24, 2.45) is 0 Å². The van der Waals surface area contributed by atoms with Crippen molar-refractivity contribution in [3.05, 3.63) is 94.4 Å². The maximum absolute atomic E-state index is 12.4. The van der Waals surface area contributed by atoms with Crippen LogP contribution in [0, 0.1) is 0 Å². The van der Waals surface area contributed by atoms with Gasteiger partial charge in [-0.1, -0.05) is 30.3 Å². The van der Waals surface area contributed by atoms with Crippen LogP contribution < -0.4 is 15.6 Å². The largest absolute Gasteiger partial charge is 0.490 e. The third-order valence-corrected chi connectivity index (χ3v) is 5.63. The van der Waals surface area contributed by atoms with E-state index in [4.69, 9.17) is 4.74 Å². The highest BCUT2D eigenvalue weighted by Crippen LogP contribution is 2.25. The number of rotatable bonds is 8. The number of aromatic nitrogens is 1. The van der Waals surface area contributed by atoms with Crippen LogP contribution in [0.3, 0.4) is 0 Å². The molecule has 1 amide bonds. The number of nitrogens with zero attached hydrogens (tertiary/aromatic N) is 1. The Hall–Kier alpha value is -3.34. The van der Waals surface area contributed by atoms with Crippen LogP contribution in [0.4, 0.5) is 5.69 Å². The van der Waals surface area contributed by atoms with E-state index in [1.165, 1.54) is 12.8 Å². The first kappa shape index (κ1) is 20.9. The van der Waals surface area contributed by atoms with Crippen LogP contribution in [0.15, 0.2) is 77.7 Å². The fourth-order valence-corrected chi connectivity index (χ4v) is 3.94. The molecule has 160 valence electrons. The van der Waals surface area contributed by atoms with Gasteiger partial charge < -0.3 is 14.6 Å². The third kappa shape index (κ3) is 6.07. The van der Waals surface area contributed by atoms with Gasteiger partial charge in [0.25, 0.3) is 5.56 Å². The van der Waals surface area contributed by atoms with E-state index in [1.54, 1.807) is 22.9 Å². The van der Waals surface area contributed by atoms with Gasteiger partial charge in [-0.25, -0.2) is 0 Å². The van der Waals surface area contributed by atoms with Crippen molar-refractivity contribution in [1.82, 2.24) is 4.57 Å². The molecule has 0 radical (unpaired) electrons. The van der Waals surface area contributed by atoms with E-state index in [9.17, 15) is 9.59 Å². The zero-order valence-corrected chi connectivity index (χ0v) is 17.6. The third-order valence-electron chi connectivity index (χ3n) is 5.63. The summed E-state index contributed by atoms with van der Waals surface area (Å²) in [6.07, 6.45) is 7.94. The number of hydrogen-bond acceptors (Lipinski definition) is 3. The lowest BCUT2D eigenvalue weighted by Gasteiger charge is -2.14. The molecular weight excluding hydrogens is 388 g/mol. The van der Waals surface area contributed by atoms with Crippen molar-refractivity contribution in [3.8, 4) is 5.75 Å². The summed E-state index contributed by atoms with van der Waals surface area (Å²) in [6, 6.07) is 20.8. The van der Waals surface area contributed by atoms with Crippen LogP contribution in [0.2, 0.25) is 0 Å². The topological polar surface area (TPSA) is 60.3 Å². The molecule has 1 aliphatic rings.